The smallest absolute Gasteiger partial charge is 0.343 e. The number of carbonyl (C=O) groups excluding carboxylic acids is 3. The number of hydrogen-bond donors (Lipinski definition) is 1. The zero-order valence-electron chi connectivity index (χ0n) is 23.4. The second-order valence-corrected chi connectivity index (χ2v) is 10.7. The van der Waals surface area contributed by atoms with Crippen molar-refractivity contribution in [2.75, 3.05) is 16.8 Å². The molecular formula is C31H38N4O4. The number of benzene rings is 2. The highest BCUT2D eigenvalue weighted by Crippen LogP contribution is 2.33. The zero-order valence-corrected chi connectivity index (χ0v) is 23.4. The number of anilines is 2. The van der Waals surface area contributed by atoms with Gasteiger partial charge in [-0.3, -0.25) is 14.5 Å². The van der Waals surface area contributed by atoms with Crippen LogP contribution in [0.4, 0.5) is 11.5 Å². The molecular weight excluding hydrogens is 492 g/mol. The van der Waals surface area contributed by atoms with Gasteiger partial charge in [-0.1, -0.05) is 24.6 Å². The molecule has 206 valence electrons. The van der Waals surface area contributed by atoms with E-state index in [1.165, 1.54) is 0 Å². The summed E-state index contributed by atoms with van der Waals surface area (Å²) in [6, 6.07) is 14.4. The maximum absolute atomic E-state index is 13.7. The van der Waals surface area contributed by atoms with Crippen LogP contribution in [0.25, 0.3) is 5.69 Å². The van der Waals surface area contributed by atoms with E-state index in [0.717, 1.165) is 31.2 Å². The highest BCUT2D eigenvalue weighted by Gasteiger charge is 2.34. The number of aryl methyl sites for hydroxylation is 1. The fourth-order valence-corrected chi connectivity index (χ4v) is 5.02. The molecule has 8 heteroatoms. The maximum atomic E-state index is 13.7. The van der Waals surface area contributed by atoms with E-state index in [2.05, 4.69) is 12.2 Å². The number of aromatic nitrogens is 2. The van der Waals surface area contributed by atoms with Crippen molar-refractivity contribution in [2.45, 2.75) is 66.3 Å². The molecule has 1 aliphatic rings. The van der Waals surface area contributed by atoms with Crippen LogP contribution in [0.2, 0.25) is 0 Å². The highest BCUT2D eigenvalue weighted by molar-refractivity contribution is 6.04. The molecule has 3 aromatic rings. The van der Waals surface area contributed by atoms with Crippen molar-refractivity contribution in [3.05, 3.63) is 71.4 Å². The molecule has 2 amide bonds. The summed E-state index contributed by atoms with van der Waals surface area (Å²) < 4.78 is 6.91. The third-order valence-corrected chi connectivity index (χ3v) is 7.21. The van der Waals surface area contributed by atoms with Crippen molar-refractivity contribution >= 4 is 29.3 Å². The molecule has 8 nitrogen and oxygen atoms in total. The summed E-state index contributed by atoms with van der Waals surface area (Å²) in [4.78, 5) is 40.9. The summed E-state index contributed by atoms with van der Waals surface area (Å²) >= 11 is 0. The third kappa shape index (κ3) is 6.56. The fourth-order valence-electron chi connectivity index (χ4n) is 5.02. The van der Waals surface area contributed by atoms with Gasteiger partial charge >= 0.3 is 5.97 Å². The molecule has 1 saturated carbocycles. The van der Waals surface area contributed by atoms with Crippen molar-refractivity contribution in [2.24, 2.45) is 11.8 Å². The van der Waals surface area contributed by atoms with Crippen LogP contribution in [0.15, 0.2) is 54.7 Å². The summed E-state index contributed by atoms with van der Waals surface area (Å²) in [6.45, 7) is 10.0. The molecule has 0 saturated heterocycles. The number of esters is 1. The van der Waals surface area contributed by atoms with Gasteiger partial charge in [0.2, 0.25) is 5.91 Å². The normalized spacial score (nSPS) is 17.1. The molecule has 0 bridgehead atoms. The Bertz CT molecular complexity index is 1320. The minimum Gasteiger partial charge on any atom is -0.462 e. The number of amides is 2. The van der Waals surface area contributed by atoms with E-state index in [1.807, 2.05) is 51.1 Å². The first-order valence-corrected chi connectivity index (χ1v) is 13.8. The average molecular weight is 531 g/mol. The number of nitrogens with one attached hydrogen (secondary N) is 1. The Balaban J connectivity index is 1.61. The van der Waals surface area contributed by atoms with Crippen molar-refractivity contribution in [3.8, 4) is 5.69 Å². The largest absolute Gasteiger partial charge is 0.462 e. The maximum Gasteiger partial charge on any atom is 0.343 e. The van der Waals surface area contributed by atoms with E-state index >= 15 is 0 Å². The fraction of sp³-hybridized carbons (Fsp3) is 0.419. The van der Waals surface area contributed by atoms with Crippen LogP contribution in [0.3, 0.4) is 0 Å². The molecule has 0 unspecified atom stereocenters. The standard InChI is InChI=1S/C31H38N4O4/c1-6-39-31(38)27-19-34(33-28(27)35(20(2)3)30(37)23-12-10-21(4)11-13-23)26-16-14-25(15-17-26)32-29(36)24-9-7-8-22(5)18-24/h7-9,14-21,23H,6,10-13H2,1-5H3,(H,32,36). The first-order valence-electron chi connectivity index (χ1n) is 13.8. The van der Waals surface area contributed by atoms with Crippen LogP contribution in [0.5, 0.6) is 0 Å². The minimum atomic E-state index is -0.517. The van der Waals surface area contributed by atoms with Gasteiger partial charge in [0.05, 0.1) is 12.3 Å². The lowest BCUT2D eigenvalue weighted by Gasteiger charge is -2.32. The van der Waals surface area contributed by atoms with E-state index in [-0.39, 0.29) is 35.9 Å². The first-order chi connectivity index (χ1) is 18.7. The lowest BCUT2D eigenvalue weighted by molar-refractivity contribution is -0.124. The summed E-state index contributed by atoms with van der Waals surface area (Å²) in [5, 5.41) is 7.63. The van der Waals surface area contributed by atoms with E-state index in [4.69, 9.17) is 9.84 Å². The number of hydrogen-bond acceptors (Lipinski definition) is 5. The second kappa shape index (κ2) is 12.3. The van der Waals surface area contributed by atoms with Crippen LogP contribution in [-0.2, 0) is 9.53 Å². The van der Waals surface area contributed by atoms with Crippen molar-refractivity contribution in [3.63, 3.8) is 0 Å². The van der Waals surface area contributed by atoms with Gasteiger partial charge in [0, 0.05) is 29.4 Å². The number of rotatable bonds is 8. The van der Waals surface area contributed by atoms with E-state index < -0.39 is 5.97 Å². The van der Waals surface area contributed by atoms with Crippen LogP contribution in [0.1, 0.15) is 79.7 Å². The molecule has 1 aromatic heterocycles. The van der Waals surface area contributed by atoms with E-state index in [0.29, 0.717) is 28.7 Å². The van der Waals surface area contributed by atoms with Gasteiger partial charge in [-0.2, -0.15) is 0 Å². The van der Waals surface area contributed by atoms with E-state index in [9.17, 15) is 14.4 Å². The molecule has 39 heavy (non-hydrogen) atoms. The zero-order chi connectivity index (χ0) is 28.1. The van der Waals surface area contributed by atoms with Gasteiger partial charge < -0.3 is 10.1 Å². The quantitative estimate of drug-likeness (QED) is 0.351. The Morgan fingerprint density at radius 1 is 1.08 bits per heavy atom. The van der Waals surface area contributed by atoms with Crippen LogP contribution in [-0.4, -0.2) is 40.2 Å². The summed E-state index contributed by atoms with van der Waals surface area (Å²) in [5.41, 5.74) is 3.16. The summed E-state index contributed by atoms with van der Waals surface area (Å²) in [7, 11) is 0. The molecule has 1 fully saturated rings. The second-order valence-electron chi connectivity index (χ2n) is 10.7. The molecule has 1 N–H and O–H groups in total. The number of carbonyl (C=O) groups is 3. The molecule has 0 radical (unpaired) electrons. The average Bonchev–Trinajstić information content (AvgIpc) is 3.34. The Hall–Kier alpha value is -3.94. The van der Waals surface area contributed by atoms with Gasteiger partial charge in [0.1, 0.15) is 5.56 Å². The lowest BCUT2D eigenvalue weighted by atomic mass is 9.82. The Labute approximate surface area is 230 Å². The monoisotopic (exact) mass is 530 g/mol. The van der Waals surface area contributed by atoms with Crippen molar-refractivity contribution in [1.82, 2.24) is 9.78 Å². The Morgan fingerprint density at radius 3 is 2.38 bits per heavy atom. The van der Waals surface area contributed by atoms with Gasteiger partial charge in [0.15, 0.2) is 5.82 Å². The minimum absolute atomic E-state index is 0.00177. The molecule has 4 rings (SSSR count). The van der Waals surface area contributed by atoms with Crippen molar-refractivity contribution < 1.29 is 19.1 Å². The molecule has 1 heterocycles. The summed E-state index contributed by atoms with van der Waals surface area (Å²) in [6.07, 6.45) is 5.34. The topological polar surface area (TPSA) is 93.5 Å². The molecule has 0 atom stereocenters. The van der Waals surface area contributed by atoms with E-state index in [1.54, 1.807) is 40.9 Å². The molecule has 2 aromatic carbocycles. The molecule has 0 aliphatic heterocycles. The predicted molar refractivity (Wildman–Crippen MR) is 152 cm³/mol. The van der Waals surface area contributed by atoms with Gasteiger partial charge in [-0.25, -0.2) is 9.48 Å². The van der Waals surface area contributed by atoms with Gasteiger partial charge in [-0.15, -0.1) is 5.10 Å². The first kappa shape index (κ1) is 28.1. The Kier molecular flexibility index (Phi) is 8.84. The van der Waals surface area contributed by atoms with Gasteiger partial charge in [0.25, 0.3) is 5.91 Å². The number of ether oxygens (including phenoxy) is 1. The van der Waals surface area contributed by atoms with Crippen LogP contribution < -0.4 is 10.2 Å². The highest BCUT2D eigenvalue weighted by atomic mass is 16.5. The van der Waals surface area contributed by atoms with Crippen LogP contribution >= 0.6 is 0 Å². The SMILES string of the molecule is CCOC(=O)c1cn(-c2ccc(NC(=O)c3cccc(C)c3)cc2)nc1N(C(=O)C1CCC(C)CC1)C(C)C. The van der Waals surface area contributed by atoms with Gasteiger partial charge in [-0.05, 0) is 95.7 Å². The molecule has 1 aliphatic carbocycles. The third-order valence-electron chi connectivity index (χ3n) is 7.21. The predicted octanol–water partition coefficient (Wildman–Crippen LogP) is 6.18. The molecule has 0 spiro atoms. The summed E-state index contributed by atoms with van der Waals surface area (Å²) in [5.74, 6) is 0.142. The number of nitrogens with zero attached hydrogens (tertiary/aromatic N) is 3. The van der Waals surface area contributed by atoms with Crippen molar-refractivity contribution in [1.29, 1.82) is 0 Å². The Morgan fingerprint density at radius 2 is 1.77 bits per heavy atom. The lowest BCUT2D eigenvalue weighted by Crippen LogP contribution is -2.43. The van der Waals surface area contributed by atoms with Crippen LogP contribution in [0, 0.1) is 18.8 Å².